The van der Waals surface area contributed by atoms with Crippen molar-refractivity contribution in [1.82, 2.24) is 4.90 Å². The van der Waals surface area contributed by atoms with Gasteiger partial charge in [0, 0.05) is 24.5 Å². The molecule has 92 valence electrons. The summed E-state index contributed by atoms with van der Waals surface area (Å²) in [5, 5.41) is 0.863. The van der Waals surface area contributed by atoms with Gasteiger partial charge in [-0.1, -0.05) is 15.9 Å². The first-order valence-electron chi connectivity index (χ1n) is 6.31. The third-order valence-electron chi connectivity index (χ3n) is 3.58. The molecule has 0 spiro atoms. The third-order valence-corrected chi connectivity index (χ3v) is 3.93. The minimum absolute atomic E-state index is 0.159. The molecular weight excluding hydrogens is 270 g/mol. The molecule has 1 saturated carbocycles. The zero-order valence-corrected chi connectivity index (χ0v) is 11.2. The Hall–Kier alpha value is -0.0900. The van der Waals surface area contributed by atoms with Crippen LogP contribution in [0.1, 0.15) is 38.5 Å². The third kappa shape index (κ3) is 2.77. The van der Waals surface area contributed by atoms with Crippen LogP contribution in [0.3, 0.4) is 0 Å². The number of hydrogen-bond acceptors (Lipinski definition) is 2. The largest absolute Gasteiger partial charge is 0.368 e. The van der Waals surface area contributed by atoms with Crippen molar-refractivity contribution in [2.45, 2.75) is 50.7 Å². The lowest BCUT2D eigenvalue weighted by Crippen LogP contribution is -2.50. The van der Waals surface area contributed by atoms with Crippen molar-refractivity contribution >= 4 is 21.8 Å². The van der Waals surface area contributed by atoms with Crippen molar-refractivity contribution in [2.24, 2.45) is 0 Å². The molecule has 0 aromatic heterocycles. The molecule has 4 heteroatoms. The van der Waals surface area contributed by atoms with Gasteiger partial charge in [-0.15, -0.1) is 0 Å². The maximum absolute atomic E-state index is 12.3. The van der Waals surface area contributed by atoms with Crippen LogP contribution in [0.4, 0.5) is 0 Å². The number of carbonyl (C=O) groups excluding carboxylic acids is 1. The fourth-order valence-electron chi connectivity index (χ4n) is 2.38. The molecule has 0 aromatic rings. The molecule has 1 heterocycles. The summed E-state index contributed by atoms with van der Waals surface area (Å²) in [6.45, 7) is 1.58. The standard InChI is InChI=1S/C12H20BrNO2/c13-7-8-14(10-4-3-5-10)12(15)11-6-1-2-9-16-11/h10-11H,1-9H2. The van der Waals surface area contributed by atoms with Gasteiger partial charge < -0.3 is 9.64 Å². The Morgan fingerprint density at radius 1 is 1.25 bits per heavy atom. The van der Waals surface area contributed by atoms with Gasteiger partial charge in [0.15, 0.2) is 0 Å². The SMILES string of the molecule is O=C(C1CCCCO1)N(CCBr)C1CCC1. The molecule has 1 unspecified atom stereocenters. The number of ether oxygens (including phenoxy) is 1. The zero-order valence-electron chi connectivity index (χ0n) is 9.66. The second kappa shape index (κ2) is 6.01. The van der Waals surface area contributed by atoms with Gasteiger partial charge in [-0.3, -0.25) is 4.79 Å². The van der Waals surface area contributed by atoms with E-state index in [9.17, 15) is 4.79 Å². The molecule has 1 saturated heterocycles. The molecule has 0 bridgehead atoms. The van der Waals surface area contributed by atoms with E-state index in [-0.39, 0.29) is 12.0 Å². The van der Waals surface area contributed by atoms with E-state index in [1.807, 2.05) is 4.90 Å². The summed E-state index contributed by atoms with van der Waals surface area (Å²) in [4.78, 5) is 14.3. The summed E-state index contributed by atoms with van der Waals surface area (Å²) in [6.07, 6.45) is 6.59. The topological polar surface area (TPSA) is 29.5 Å². The zero-order chi connectivity index (χ0) is 11.4. The quantitative estimate of drug-likeness (QED) is 0.744. The average Bonchev–Trinajstić information content (AvgIpc) is 2.26. The highest BCUT2D eigenvalue weighted by Gasteiger charge is 2.33. The van der Waals surface area contributed by atoms with Gasteiger partial charge in [-0.25, -0.2) is 0 Å². The number of rotatable bonds is 4. The molecule has 16 heavy (non-hydrogen) atoms. The second-order valence-electron chi connectivity index (χ2n) is 4.66. The highest BCUT2D eigenvalue weighted by molar-refractivity contribution is 9.09. The van der Waals surface area contributed by atoms with Crippen LogP contribution in [0.25, 0.3) is 0 Å². The van der Waals surface area contributed by atoms with E-state index in [4.69, 9.17) is 4.74 Å². The first-order valence-corrected chi connectivity index (χ1v) is 7.43. The van der Waals surface area contributed by atoms with Crippen molar-refractivity contribution in [3.63, 3.8) is 0 Å². The van der Waals surface area contributed by atoms with E-state index in [1.165, 1.54) is 19.3 Å². The molecular formula is C12H20BrNO2. The van der Waals surface area contributed by atoms with Crippen LogP contribution < -0.4 is 0 Å². The Morgan fingerprint density at radius 3 is 2.56 bits per heavy atom. The predicted molar refractivity (Wildman–Crippen MR) is 66.7 cm³/mol. The van der Waals surface area contributed by atoms with Crippen molar-refractivity contribution in [3.8, 4) is 0 Å². The molecule has 2 aliphatic rings. The first-order chi connectivity index (χ1) is 7.83. The summed E-state index contributed by atoms with van der Waals surface area (Å²) in [6, 6.07) is 0.482. The Morgan fingerprint density at radius 2 is 2.06 bits per heavy atom. The maximum Gasteiger partial charge on any atom is 0.251 e. The number of halogens is 1. The average molecular weight is 290 g/mol. The van der Waals surface area contributed by atoms with E-state index in [2.05, 4.69) is 15.9 Å². The fraction of sp³-hybridized carbons (Fsp3) is 0.917. The summed E-state index contributed by atoms with van der Waals surface area (Å²) in [5.41, 5.74) is 0. The Balaban J connectivity index is 1.92. The van der Waals surface area contributed by atoms with Crippen molar-refractivity contribution < 1.29 is 9.53 Å². The molecule has 2 rings (SSSR count). The normalized spacial score (nSPS) is 26.2. The molecule has 2 fully saturated rings. The van der Waals surface area contributed by atoms with E-state index in [1.54, 1.807) is 0 Å². The van der Waals surface area contributed by atoms with Crippen LogP contribution in [0.15, 0.2) is 0 Å². The monoisotopic (exact) mass is 289 g/mol. The number of amides is 1. The highest BCUT2D eigenvalue weighted by Crippen LogP contribution is 2.27. The Bertz CT molecular complexity index is 237. The van der Waals surface area contributed by atoms with E-state index >= 15 is 0 Å². The molecule has 3 nitrogen and oxygen atoms in total. The van der Waals surface area contributed by atoms with Gasteiger partial charge >= 0.3 is 0 Å². The van der Waals surface area contributed by atoms with Gasteiger partial charge in [0.25, 0.3) is 5.91 Å². The van der Waals surface area contributed by atoms with E-state index in [0.717, 1.165) is 37.7 Å². The summed E-state index contributed by atoms with van der Waals surface area (Å²) < 4.78 is 5.58. The Labute approximate surface area is 106 Å². The number of alkyl halides is 1. The minimum atomic E-state index is -0.159. The van der Waals surface area contributed by atoms with Gasteiger partial charge in [0.2, 0.25) is 0 Å². The Kier molecular flexibility index (Phi) is 4.65. The number of hydrogen-bond donors (Lipinski definition) is 0. The molecule has 0 radical (unpaired) electrons. The highest BCUT2D eigenvalue weighted by atomic mass is 79.9. The first kappa shape index (κ1) is 12.4. The fourth-order valence-corrected chi connectivity index (χ4v) is 2.76. The van der Waals surface area contributed by atoms with E-state index in [0.29, 0.717) is 6.04 Å². The lowest BCUT2D eigenvalue weighted by molar-refractivity contribution is -0.150. The van der Waals surface area contributed by atoms with Crippen LogP contribution in [0.2, 0.25) is 0 Å². The summed E-state index contributed by atoms with van der Waals surface area (Å²) in [7, 11) is 0. The maximum atomic E-state index is 12.3. The summed E-state index contributed by atoms with van der Waals surface area (Å²) >= 11 is 3.43. The van der Waals surface area contributed by atoms with Crippen molar-refractivity contribution in [2.75, 3.05) is 18.5 Å². The summed E-state index contributed by atoms with van der Waals surface area (Å²) in [5.74, 6) is 0.226. The van der Waals surface area contributed by atoms with Crippen LogP contribution in [0, 0.1) is 0 Å². The lowest BCUT2D eigenvalue weighted by Gasteiger charge is -2.39. The second-order valence-corrected chi connectivity index (χ2v) is 5.45. The molecule has 1 aliphatic carbocycles. The van der Waals surface area contributed by atoms with Crippen LogP contribution in [-0.2, 0) is 9.53 Å². The van der Waals surface area contributed by atoms with Gasteiger partial charge in [0.05, 0.1) is 0 Å². The van der Waals surface area contributed by atoms with E-state index < -0.39 is 0 Å². The van der Waals surface area contributed by atoms with Crippen LogP contribution in [-0.4, -0.2) is 41.4 Å². The van der Waals surface area contributed by atoms with Crippen molar-refractivity contribution in [3.05, 3.63) is 0 Å². The van der Waals surface area contributed by atoms with Crippen LogP contribution >= 0.6 is 15.9 Å². The van der Waals surface area contributed by atoms with Crippen molar-refractivity contribution in [1.29, 1.82) is 0 Å². The predicted octanol–water partition coefficient (Wildman–Crippen LogP) is 2.33. The van der Waals surface area contributed by atoms with Gasteiger partial charge in [-0.05, 0) is 38.5 Å². The van der Waals surface area contributed by atoms with Crippen LogP contribution in [0.5, 0.6) is 0 Å². The molecule has 1 atom stereocenters. The van der Waals surface area contributed by atoms with Gasteiger partial charge in [-0.2, -0.15) is 0 Å². The molecule has 0 N–H and O–H groups in total. The van der Waals surface area contributed by atoms with Gasteiger partial charge in [0.1, 0.15) is 6.10 Å². The smallest absolute Gasteiger partial charge is 0.251 e. The number of nitrogens with zero attached hydrogens (tertiary/aromatic N) is 1. The lowest BCUT2D eigenvalue weighted by atomic mass is 9.91. The minimum Gasteiger partial charge on any atom is -0.368 e. The molecule has 1 aliphatic heterocycles. The molecule has 1 amide bonds. The number of carbonyl (C=O) groups is 1. The molecule has 0 aromatic carbocycles.